The number of hydrogen-bond acceptors (Lipinski definition) is 5. The van der Waals surface area contributed by atoms with Crippen LogP contribution in [0, 0.1) is 10.1 Å². The molecule has 0 aliphatic heterocycles. The number of nitro benzene ring substituents is 1. The normalized spacial score (nSPS) is 9.94. The zero-order chi connectivity index (χ0) is 12.1. The maximum atomic E-state index is 10.9. The Hall–Kier alpha value is -1.82. The second-order valence-electron chi connectivity index (χ2n) is 3.57. The minimum atomic E-state index is -0.397. The van der Waals surface area contributed by atoms with Crippen molar-refractivity contribution in [2.45, 2.75) is 0 Å². The quantitative estimate of drug-likeness (QED) is 0.576. The summed E-state index contributed by atoms with van der Waals surface area (Å²) in [5, 5.41) is 13.8. The molecule has 0 spiro atoms. The lowest BCUT2D eigenvalue weighted by atomic mass is 10.2. The van der Waals surface area contributed by atoms with Gasteiger partial charge in [-0.25, -0.2) is 0 Å². The average molecular weight is 224 g/mol. The van der Waals surface area contributed by atoms with E-state index in [1.165, 1.54) is 0 Å². The molecule has 1 aromatic rings. The van der Waals surface area contributed by atoms with Crippen molar-refractivity contribution in [2.75, 3.05) is 37.4 Å². The van der Waals surface area contributed by atoms with E-state index in [0.717, 1.165) is 5.69 Å². The van der Waals surface area contributed by atoms with Crippen LogP contribution < -0.4 is 16.0 Å². The summed E-state index contributed by atoms with van der Waals surface area (Å²) in [6, 6.07) is 5.06. The van der Waals surface area contributed by atoms with Gasteiger partial charge in [0.15, 0.2) is 0 Å². The van der Waals surface area contributed by atoms with Crippen molar-refractivity contribution in [2.24, 2.45) is 5.73 Å². The van der Waals surface area contributed by atoms with Crippen LogP contribution in [0.1, 0.15) is 0 Å². The van der Waals surface area contributed by atoms with Crippen LogP contribution in [-0.2, 0) is 0 Å². The maximum Gasteiger partial charge on any atom is 0.294 e. The zero-order valence-corrected chi connectivity index (χ0v) is 9.43. The second-order valence-corrected chi connectivity index (χ2v) is 3.57. The van der Waals surface area contributed by atoms with Crippen LogP contribution in [-0.4, -0.2) is 32.1 Å². The van der Waals surface area contributed by atoms with E-state index in [1.807, 2.05) is 25.1 Å². The first-order valence-electron chi connectivity index (χ1n) is 4.96. The van der Waals surface area contributed by atoms with E-state index in [0.29, 0.717) is 18.8 Å². The number of nitro groups is 1. The monoisotopic (exact) mass is 224 g/mol. The molecule has 0 fully saturated rings. The number of benzene rings is 1. The number of nitrogens with two attached hydrogens (primary N) is 1. The smallest absolute Gasteiger partial charge is 0.294 e. The molecule has 88 valence electrons. The van der Waals surface area contributed by atoms with Crippen molar-refractivity contribution in [3.8, 4) is 0 Å². The summed E-state index contributed by atoms with van der Waals surface area (Å²) in [6.07, 6.45) is 0. The fourth-order valence-corrected chi connectivity index (χ4v) is 1.31. The third-order valence-corrected chi connectivity index (χ3v) is 2.15. The highest BCUT2D eigenvalue weighted by molar-refractivity contribution is 5.68. The van der Waals surface area contributed by atoms with E-state index in [4.69, 9.17) is 5.73 Å². The molecule has 6 nitrogen and oxygen atoms in total. The molecule has 0 aliphatic rings. The van der Waals surface area contributed by atoms with Gasteiger partial charge in [-0.3, -0.25) is 10.1 Å². The van der Waals surface area contributed by atoms with Gasteiger partial charge in [0.25, 0.3) is 5.69 Å². The number of rotatable bonds is 5. The summed E-state index contributed by atoms with van der Waals surface area (Å²) in [5.41, 5.74) is 6.71. The van der Waals surface area contributed by atoms with Gasteiger partial charge in [0.1, 0.15) is 5.69 Å². The lowest BCUT2D eigenvalue weighted by Crippen LogP contribution is -2.14. The second kappa shape index (κ2) is 5.32. The molecule has 0 amide bonds. The average Bonchev–Trinajstić information content (AvgIpc) is 2.25. The predicted molar refractivity (Wildman–Crippen MR) is 65.0 cm³/mol. The first-order chi connectivity index (χ1) is 7.56. The van der Waals surface area contributed by atoms with Gasteiger partial charge < -0.3 is 16.0 Å². The minimum Gasteiger partial charge on any atom is -0.378 e. The summed E-state index contributed by atoms with van der Waals surface area (Å²) in [5.74, 6) is 0. The van der Waals surface area contributed by atoms with Gasteiger partial charge in [-0.1, -0.05) is 0 Å². The molecular formula is C10H16N4O2. The van der Waals surface area contributed by atoms with E-state index in [9.17, 15) is 10.1 Å². The molecule has 6 heteroatoms. The van der Waals surface area contributed by atoms with Crippen LogP contribution in [0.3, 0.4) is 0 Å². The summed E-state index contributed by atoms with van der Waals surface area (Å²) < 4.78 is 0. The van der Waals surface area contributed by atoms with E-state index >= 15 is 0 Å². The molecule has 1 rings (SSSR count). The van der Waals surface area contributed by atoms with Gasteiger partial charge in [0.05, 0.1) is 4.92 Å². The Balaban J connectivity index is 3.04. The SMILES string of the molecule is CN(C)c1ccc(NCCN)c([N+](=O)[O-])c1. The topological polar surface area (TPSA) is 84.4 Å². The Morgan fingerprint density at radius 3 is 2.69 bits per heavy atom. The summed E-state index contributed by atoms with van der Waals surface area (Å²) in [6.45, 7) is 0.953. The van der Waals surface area contributed by atoms with Crippen molar-refractivity contribution in [1.29, 1.82) is 0 Å². The molecule has 3 N–H and O–H groups in total. The fourth-order valence-electron chi connectivity index (χ4n) is 1.31. The first-order valence-corrected chi connectivity index (χ1v) is 4.96. The minimum absolute atomic E-state index is 0.0691. The Bertz CT molecular complexity index is 379. The number of hydrogen-bond donors (Lipinski definition) is 2. The standard InChI is InChI=1S/C10H16N4O2/c1-13(2)8-3-4-9(12-6-5-11)10(7-8)14(15)16/h3-4,7,12H,5-6,11H2,1-2H3. The molecule has 0 radical (unpaired) electrons. The van der Waals surface area contributed by atoms with Crippen molar-refractivity contribution in [3.05, 3.63) is 28.3 Å². The Kier molecular flexibility index (Phi) is 4.07. The molecular weight excluding hydrogens is 208 g/mol. The van der Waals surface area contributed by atoms with Crippen LogP contribution in [0.2, 0.25) is 0 Å². The van der Waals surface area contributed by atoms with Crippen molar-refractivity contribution < 1.29 is 4.92 Å². The summed E-state index contributed by atoms with van der Waals surface area (Å²) >= 11 is 0. The summed E-state index contributed by atoms with van der Waals surface area (Å²) in [7, 11) is 3.68. The molecule has 16 heavy (non-hydrogen) atoms. The Morgan fingerprint density at radius 2 is 2.19 bits per heavy atom. The van der Waals surface area contributed by atoms with Crippen molar-refractivity contribution >= 4 is 17.1 Å². The number of nitrogens with zero attached hydrogens (tertiary/aromatic N) is 2. The lowest BCUT2D eigenvalue weighted by molar-refractivity contribution is -0.383. The highest BCUT2D eigenvalue weighted by atomic mass is 16.6. The molecule has 0 aromatic heterocycles. The molecule has 0 atom stereocenters. The van der Waals surface area contributed by atoms with Crippen LogP contribution in [0.4, 0.5) is 17.1 Å². The third kappa shape index (κ3) is 2.83. The Morgan fingerprint density at radius 1 is 1.50 bits per heavy atom. The molecule has 0 unspecified atom stereocenters. The molecule has 0 saturated carbocycles. The molecule has 1 aromatic carbocycles. The van der Waals surface area contributed by atoms with Crippen LogP contribution in [0.15, 0.2) is 18.2 Å². The fraction of sp³-hybridized carbons (Fsp3) is 0.400. The molecule has 0 bridgehead atoms. The third-order valence-electron chi connectivity index (χ3n) is 2.15. The molecule has 0 saturated heterocycles. The van der Waals surface area contributed by atoms with Crippen molar-refractivity contribution in [3.63, 3.8) is 0 Å². The van der Waals surface area contributed by atoms with E-state index < -0.39 is 4.92 Å². The van der Waals surface area contributed by atoms with Gasteiger partial charge in [0.2, 0.25) is 0 Å². The van der Waals surface area contributed by atoms with Gasteiger partial charge in [-0.05, 0) is 12.1 Å². The van der Waals surface area contributed by atoms with E-state index in [1.54, 1.807) is 12.1 Å². The largest absolute Gasteiger partial charge is 0.378 e. The predicted octanol–water partition coefficient (Wildman–Crippen LogP) is 1.03. The Labute approximate surface area is 94.2 Å². The maximum absolute atomic E-state index is 10.9. The highest BCUT2D eigenvalue weighted by Crippen LogP contribution is 2.28. The van der Waals surface area contributed by atoms with Gasteiger partial charge in [0, 0.05) is 38.9 Å². The molecule has 0 heterocycles. The van der Waals surface area contributed by atoms with E-state index in [2.05, 4.69) is 5.32 Å². The van der Waals surface area contributed by atoms with Crippen molar-refractivity contribution in [1.82, 2.24) is 0 Å². The van der Waals surface area contributed by atoms with Gasteiger partial charge in [-0.2, -0.15) is 0 Å². The number of nitrogens with one attached hydrogen (secondary N) is 1. The first kappa shape index (κ1) is 12.3. The van der Waals surface area contributed by atoms with Crippen LogP contribution in [0.5, 0.6) is 0 Å². The van der Waals surface area contributed by atoms with Gasteiger partial charge in [-0.15, -0.1) is 0 Å². The zero-order valence-electron chi connectivity index (χ0n) is 9.43. The van der Waals surface area contributed by atoms with Crippen LogP contribution in [0.25, 0.3) is 0 Å². The summed E-state index contributed by atoms with van der Waals surface area (Å²) in [4.78, 5) is 12.3. The molecule has 0 aliphatic carbocycles. The lowest BCUT2D eigenvalue weighted by Gasteiger charge is -2.13. The van der Waals surface area contributed by atoms with Crippen LogP contribution >= 0.6 is 0 Å². The van der Waals surface area contributed by atoms with Gasteiger partial charge >= 0.3 is 0 Å². The highest BCUT2D eigenvalue weighted by Gasteiger charge is 2.14. The van der Waals surface area contributed by atoms with E-state index in [-0.39, 0.29) is 5.69 Å². The number of anilines is 2.